The van der Waals surface area contributed by atoms with Crippen molar-refractivity contribution in [3.8, 4) is 0 Å². The molecule has 0 saturated heterocycles. The zero-order valence-electron chi connectivity index (χ0n) is 9.85. The Balaban J connectivity index is 2.21. The zero-order valence-corrected chi connectivity index (χ0v) is 11.4. The normalized spacial score (nSPS) is 13.7. The Bertz CT molecular complexity index is 559. The molecule has 0 radical (unpaired) electrons. The van der Waals surface area contributed by atoms with E-state index in [-0.39, 0.29) is 25.3 Å². The Hall–Kier alpha value is -1.73. The van der Waals surface area contributed by atoms with Gasteiger partial charge in [-0.1, -0.05) is 15.9 Å². The van der Waals surface area contributed by atoms with E-state index in [0.717, 1.165) is 4.90 Å². The van der Waals surface area contributed by atoms with Crippen molar-refractivity contribution in [1.82, 2.24) is 5.32 Å². The van der Waals surface area contributed by atoms with E-state index in [4.69, 9.17) is 5.11 Å². The molecule has 0 atom stereocenters. The highest BCUT2D eigenvalue weighted by atomic mass is 79.9. The number of hydrogen-bond acceptors (Lipinski definition) is 4. The number of halogens is 1. The van der Waals surface area contributed by atoms with Crippen LogP contribution in [0.5, 0.6) is 0 Å². The number of anilines is 1. The number of aliphatic hydroxyl groups excluding tert-OH is 1. The third kappa shape index (κ3) is 2.66. The van der Waals surface area contributed by atoms with Crippen LogP contribution in [0.3, 0.4) is 0 Å². The number of carbonyl (C=O) groups excluding carboxylic acids is 3. The van der Waals surface area contributed by atoms with Crippen molar-refractivity contribution in [2.45, 2.75) is 0 Å². The topological polar surface area (TPSA) is 86.7 Å². The number of aliphatic hydroxyl groups is 1. The first-order valence-corrected chi connectivity index (χ1v) is 6.37. The number of benzene rings is 1. The summed E-state index contributed by atoms with van der Waals surface area (Å²) in [7, 11) is 0. The molecule has 2 amide bonds. The Labute approximate surface area is 117 Å². The number of Topliss-reactive ketones (excluding diaryl/α,β-unsaturated/α-hetero) is 1. The standard InChI is InChI=1S/C12H11BrN2O4/c13-7-1-2-9-8(5-7)11(18)12(19)15(9)6-10(17)14-3-4-16/h1-2,5,16H,3-4,6H2,(H,14,17). The smallest absolute Gasteiger partial charge is 0.299 e. The van der Waals surface area contributed by atoms with Crippen molar-refractivity contribution in [2.75, 3.05) is 24.6 Å². The molecule has 0 fully saturated rings. The molecule has 1 aliphatic rings. The molecule has 1 aromatic rings. The predicted molar refractivity (Wildman–Crippen MR) is 70.9 cm³/mol. The number of hydrogen-bond donors (Lipinski definition) is 2. The fourth-order valence-corrected chi connectivity index (χ4v) is 2.19. The maximum absolute atomic E-state index is 11.8. The van der Waals surface area contributed by atoms with E-state index in [1.807, 2.05) is 0 Å². The molecular formula is C12H11BrN2O4. The summed E-state index contributed by atoms with van der Waals surface area (Å²) in [5.74, 6) is -1.76. The average Bonchev–Trinajstić information content (AvgIpc) is 2.61. The minimum atomic E-state index is -0.716. The lowest BCUT2D eigenvalue weighted by atomic mass is 10.1. The van der Waals surface area contributed by atoms with Crippen LogP contribution in [0.15, 0.2) is 22.7 Å². The second-order valence-corrected chi connectivity index (χ2v) is 4.87. The Kier molecular flexibility index (Phi) is 3.96. The maximum atomic E-state index is 11.8. The summed E-state index contributed by atoms with van der Waals surface area (Å²) in [5.41, 5.74) is 0.715. The molecule has 0 aliphatic carbocycles. The van der Waals surface area contributed by atoms with Gasteiger partial charge in [0.25, 0.3) is 11.7 Å². The molecule has 6 nitrogen and oxygen atoms in total. The van der Waals surface area contributed by atoms with E-state index in [1.165, 1.54) is 0 Å². The van der Waals surface area contributed by atoms with Crippen molar-refractivity contribution < 1.29 is 19.5 Å². The molecule has 100 valence electrons. The first-order chi connectivity index (χ1) is 9.04. The average molecular weight is 327 g/mol. The molecule has 0 bridgehead atoms. The van der Waals surface area contributed by atoms with Crippen molar-refractivity contribution in [1.29, 1.82) is 0 Å². The van der Waals surface area contributed by atoms with E-state index in [9.17, 15) is 14.4 Å². The Morgan fingerprint density at radius 3 is 2.79 bits per heavy atom. The summed E-state index contributed by atoms with van der Waals surface area (Å²) in [6.45, 7) is -0.302. The third-order valence-corrected chi connectivity index (χ3v) is 3.16. The molecule has 0 spiro atoms. The molecule has 1 heterocycles. The van der Waals surface area contributed by atoms with Gasteiger partial charge in [-0.25, -0.2) is 0 Å². The van der Waals surface area contributed by atoms with Crippen LogP contribution in [0.4, 0.5) is 5.69 Å². The molecule has 1 aromatic carbocycles. The van der Waals surface area contributed by atoms with Crippen LogP contribution in [0, 0.1) is 0 Å². The lowest BCUT2D eigenvalue weighted by molar-refractivity contribution is -0.122. The highest BCUT2D eigenvalue weighted by Crippen LogP contribution is 2.30. The van der Waals surface area contributed by atoms with Crippen LogP contribution in [0.25, 0.3) is 0 Å². The lowest BCUT2D eigenvalue weighted by Crippen LogP contribution is -2.40. The van der Waals surface area contributed by atoms with Gasteiger partial charge in [-0.05, 0) is 18.2 Å². The molecule has 0 aromatic heterocycles. The van der Waals surface area contributed by atoms with Gasteiger partial charge in [0.05, 0.1) is 17.9 Å². The molecule has 19 heavy (non-hydrogen) atoms. The number of nitrogens with one attached hydrogen (secondary N) is 1. The van der Waals surface area contributed by atoms with E-state index >= 15 is 0 Å². The molecular weight excluding hydrogens is 316 g/mol. The number of nitrogens with zero attached hydrogens (tertiary/aromatic N) is 1. The molecule has 1 aliphatic heterocycles. The van der Waals surface area contributed by atoms with Gasteiger partial charge in [0.2, 0.25) is 5.91 Å². The number of ketones is 1. The fourth-order valence-electron chi connectivity index (χ4n) is 1.82. The predicted octanol–water partition coefficient (Wildman–Crippen LogP) is 0.0869. The lowest BCUT2D eigenvalue weighted by Gasteiger charge is -2.15. The number of rotatable bonds is 4. The number of amides is 2. The monoisotopic (exact) mass is 326 g/mol. The zero-order chi connectivity index (χ0) is 14.0. The van der Waals surface area contributed by atoms with Crippen molar-refractivity contribution in [2.24, 2.45) is 0 Å². The van der Waals surface area contributed by atoms with Gasteiger partial charge in [0.15, 0.2) is 0 Å². The van der Waals surface area contributed by atoms with E-state index in [1.54, 1.807) is 18.2 Å². The van der Waals surface area contributed by atoms with Gasteiger partial charge in [-0.2, -0.15) is 0 Å². The molecule has 2 rings (SSSR count). The second-order valence-electron chi connectivity index (χ2n) is 3.96. The van der Waals surface area contributed by atoms with Crippen LogP contribution in [0.2, 0.25) is 0 Å². The summed E-state index contributed by atoms with van der Waals surface area (Å²) in [4.78, 5) is 36.3. The third-order valence-electron chi connectivity index (χ3n) is 2.67. The summed E-state index contributed by atoms with van der Waals surface area (Å²) in [5, 5.41) is 11.0. The van der Waals surface area contributed by atoms with Gasteiger partial charge < -0.3 is 10.4 Å². The Morgan fingerprint density at radius 1 is 1.37 bits per heavy atom. The summed E-state index contributed by atoms with van der Waals surface area (Å²) in [6.07, 6.45) is 0. The van der Waals surface area contributed by atoms with Crippen molar-refractivity contribution in [3.05, 3.63) is 28.2 Å². The second kappa shape index (κ2) is 5.50. The SMILES string of the molecule is O=C(CN1C(=O)C(=O)c2cc(Br)ccc21)NCCO. The quantitative estimate of drug-likeness (QED) is 0.767. The van der Waals surface area contributed by atoms with Crippen LogP contribution in [0.1, 0.15) is 10.4 Å². The first kappa shape index (κ1) is 13.7. The molecule has 7 heteroatoms. The largest absolute Gasteiger partial charge is 0.395 e. The highest BCUT2D eigenvalue weighted by molar-refractivity contribution is 9.10. The van der Waals surface area contributed by atoms with Crippen LogP contribution in [-0.4, -0.2) is 42.4 Å². The first-order valence-electron chi connectivity index (χ1n) is 5.58. The van der Waals surface area contributed by atoms with Gasteiger partial charge in [0.1, 0.15) is 6.54 Å². The van der Waals surface area contributed by atoms with Crippen LogP contribution in [-0.2, 0) is 9.59 Å². The number of fused-ring (bicyclic) bond motifs is 1. The summed E-state index contributed by atoms with van der Waals surface area (Å²) in [6, 6.07) is 4.87. The molecule has 2 N–H and O–H groups in total. The van der Waals surface area contributed by atoms with Gasteiger partial charge >= 0.3 is 0 Å². The van der Waals surface area contributed by atoms with Crippen molar-refractivity contribution >= 4 is 39.2 Å². The van der Waals surface area contributed by atoms with E-state index < -0.39 is 17.6 Å². The van der Waals surface area contributed by atoms with Gasteiger partial charge in [-0.3, -0.25) is 19.3 Å². The minimum Gasteiger partial charge on any atom is -0.395 e. The fraction of sp³-hybridized carbons (Fsp3) is 0.250. The summed E-state index contributed by atoms with van der Waals surface area (Å²) >= 11 is 3.23. The molecule has 0 unspecified atom stereocenters. The van der Waals surface area contributed by atoms with Gasteiger partial charge in [-0.15, -0.1) is 0 Å². The van der Waals surface area contributed by atoms with Crippen LogP contribution >= 0.6 is 15.9 Å². The van der Waals surface area contributed by atoms with E-state index in [2.05, 4.69) is 21.2 Å². The van der Waals surface area contributed by atoms with Gasteiger partial charge in [0, 0.05) is 11.0 Å². The minimum absolute atomic E-state index is 0.113. The van der Waals surface area contributed by atoms with Crippen LogP contribution < -0.4 is 10.2 Å². The Morgan fingerprint density at radius 2 is 2.11 bits per heavy atom. The van der Waals surface area contributed by atoms with Crippen molar-refractivity contribution in [3.63, 3.8) is 0 Å². The summed E-state index contributed by atoms with van der Waals surface area (Å²) < 4.78 is 0.694. The van der Waals surface area contributed by atoms with E-state index in [0.29, 0.717) is 10.2 Å². The maximum Gasteiger partial charge on any atom is 0.299 e. The molecule has 0 saturated carbocycles. The number of carbonyl (C=O) groups is 3. The highest BCUT2D eigenvalue weighted by Gasteiger charge is 2.36.